The van der Waals surface area contributed by atoms with Crippen molar-refractivity contribution in [2.24, 2.45) is 16.5 Å². The molecule has 8 nitrogen and oxygen atoms in total. The number of methoxy groups -OCH3 is 2. The van der Waals surface area contributed by atoms with Crippen LogP contribution in [0.3, 0.4) is 0 Å². The van der Waals surface area contributed by atoms with E-state index < -0.39 is 5.91 Å². The van der Waals surface area contributed by atoms with E-state index in [0.29, 0.717) is 28.4 Å². The van der Waals surface area contributed by atoms with Crippen molar-refractivity contribution in [3.63, 3.8) is 0 Å². The average molecular weight is 340 g/mol. The smallest absolute Gasteiger partial charge is 0.283 e. The Morgan fingerprint density at radius 2 is 1.96 bits per heavy atom. The maximum atomic E-state index is 11.9. The number of para-hydroxylation sites is 1. The van der Waals surface area contributed by atoms with Crippen LogP contribution in [0.1, 0.15) is 16.1 Å². The average Bonchev–Trinajstić information content (AvgIpc) is 2.87. The van der Waals surface area contributed by atoms with Gasteiger partial charge in [-0.3, -0.25) is 4.79 Å². The third-order valence-electron chi connectivity index (χ3n) is 2.99. The van der Waals surface area contributed by atoms with Crippen LogP contribution < -0.4 is 20.9 Å². The summed E-state index contributed by atoms with van der Waals surface area (Å²) in [6, 6.07) is 5.36. The molecular weight excluding hydrogens is 322 g/mol. The van der Waals surface area contributed by atoms with Gasteiger partial charge in [-0.2, -0.15) is 10.1 Å². The second-order valence-electron chi connectivity index (χ2n) is 4.43. The summed E-state index contributed by atoms with van der Waals surface area (Å²) in [5.74, 6) is 0.223. The van der Waals surface area contributed by atoms with Gasteiger partial charge in [0.05, 0.1) is 25.5 Å². The Bertz CT molecular complexity index is 738. The molecule has 124 valence electrons. The van der Waals surface area contributed by atoms with Gasteiger partial charge in [0.2, 0.25) is 0 Å². The number of aryl methyl sites for hydroxylation is 1. The standard InChI is InChI=1S/C14H17N5O3.ClH/c1-8-9(13(20)17-14(15)16)7-19(18-8)10-5-4-6-11(21-2)12(10)22-3;/h4-7H,1-3H3,(H4,15,16,17,20);1H. The summed E-state index contributed by atoms with van der Waals surface area (Å²) in [6.07, 6.45) is 1.54. The van der Waals surface area contributed by atoms with E-state index in [1.54, 1.807) is 38.4 Å². The molecule has 0 fully saturated rings. The van der Waals surface area contributed by atoms with Gasteiger partial charge < -0.3 is 20.9 Å². The van der Waals surface area contributed by atoms with E-state index in [-0.39, 0.29) is 18.4 Å². The number of rotatable bonds is 4. The first-order chi connectivity index (χ1) is 10.5. The molecule has 0 aliphatic heterocycles. The number of carbonyl (C=O) groups is 1. The van der Waals surface area contributed by atoms with Gasteiger partial charge in [0.1, 0.15) is 5.69 Å². The molecular formula is C14H18ClN5O3. The van der Waals surface area contributed by atoms with Crippen LogP contribution in [-0.2, 0) is 0 Å². The minimum atomic E-state index is -0.550. The second-order valence-corrected chi connectivity index (χ2v) is 4.43. The molecule has 0 unspecified atom stereocenters. The van der Waals surface area contributed by atoms with E-state index in [1.165, 1.54) is 11.8 Å². The predicted octanol–water partition coefficient (Wildman–Crippen LogP) is 1.03. The maximum absolute atomic E-state index is 11.9. The number of nitrogens with zero attached hydrogens (tertiary/aromatic N) is 3. The number of nitrogens with two attached hydrogens (primary N) is 2. The van der Waals surface area contributed by atoms with Crippen molar-refractivity contribution in [1.82, 2.24) is 9.78 Å². The fourth-order valence-corrected chi connectivity index (χ4v) is 2.02. The molecule has 0 saturated carbocycles. The van der Waals surface area contributed by atoms with Crippen molar-refractivity contribution in [3.8, 4) is 17.2 Å². The van der Waals surface area contributed by atoms with E-state index in [9.17, 15) is 4.79 Å². The Morgan fingerprint density at radius 1 is 1.26 bits per heavy atom. The number of halogens is 1. The number of hydrogen-bond acceptors (Lipinski definition) is 4. The SMILES string of the molecule is COc1cccc(-n2cc(C(=O)N=C(N)N)c(C)n2)c1OC.Cl. The first kappa shape index (κ1) is 18.3. The van der Waals surface area contributed by atoms with Gasteiger partial charge in [-0.1, -0.05) is 6.07 Å². The van der Waals surface area contributed by atoms with Crippen LogP contribution in [0.2, 0.25) is 0 Å². The van der Waals surface area contributed by atoms with Crippen LogP contribution in [0.4, 0.5) is 0 Å². The van der Waals surface area contributed by atoms with Crippen molar-refractivity contribution < 1.29 is 14.3 Å². The van der Waals surface area contributed by atoms with Crippen molar-refractivity contribution in [2.45, 2.75) is 6.92 Å². The van der Waals surface area contributed by atoms with Gasteiger partial charge in [0.15, 0.2) is 17.5 Å². The van der Waals surface area contributed by atoms with Crippen molar-refractivity contribution in [2.75, 3.05) is 14.2 Å². The number of amides is 1. The zero-order valence-electron chi connectivity index (χ0n) is 12.9. The lowest BCUT2D eigenvalue weighted by Gasteiger charge is -2.12. The van der Waals surface area contributed by atoms with Gasteiger partial charge in [0.25, 0.3) is 5.91 Å². The Hall–Kier alpha value is -2.74. The summed E-state index contributed by atoms with van der Waals surface area (Å²) < 4.78 is 12.1. The first-order valence-electron chi connectivity index (χ1n) is 6.39. The fourth-order valence-electron chi connectivity index (χ4n) is 2.02. The van der Waals surface area contributed by atoms with E-state index in [2.05, 4.69) is 10.1 Å². The van der Waals surface area contributed by atoms with Gasteiger partial charge in [-0.25, -0.2) is 4.68 Å². The molecule has 9 heteroatoms. The monoisotopic (exact) mass is 339 g/mol. The Balaban J connectivity index is 0.00000264. The number of aromatic nitrogens is 2. The largest absolute Gasteiger partial charge is 0.493 e. The summed E-state index contributed by atoms with van der Waals surface area (Å²) in [5.41, 5.74) is 11.9. The second kappa shape index (κ2) is 7.50. The van der Waals surface area contributed by atoms with Gasteiger partial charge >= 0.3 is 0 Å². The molecule has 0 aliphatic carbocycles. The van der Waals surface area contributed by atoms with Crippen molar-refractivity contribution >= 4 is 24.3 Å². The van der Waals surface area contributed by atoms with Crippen LogP contribution in [-0.4, -0.2) is 35.9 Å². The van der Waals surface area contributed by atoms with E-state index in [1.807, 2.05) is 0 Å². The third kappa shape index (κ3) is 3.72. The highest BCUT2D eigenvalue weighted by atomic mass is 35.5. The zero-order chi connectivity index (χ0) is 16.3. The molecule has 1 amide bonds. The highest BCUT2D eigenvalue weighted by molar-refractivity contribution is 6.02. The number of guanidine groups is 1. The quantitative estimate of drug-likeness (QED) is 0.634. The van der Waals surface area contributed by atoms with E-state index in [0.717, 1.165) is 0 Å². The van der Waals surface area contributed by atoms with E-state index in [4.69, 9.17) is 20.9 Å². The van der Waals surface area contributed by atoms with Crippen molar-refractivity contribution in [1.29, 1.82) is 0 Å². The number of ether oxygens (including phenoxy) is 2. The molecule has 2 rings (SSSR count). The molecule has 23 heavy (non-hydrogen) atoms. The Morgan fingerprint density at radius 3 is 2.52 bits per heavy atom. The minimum Gasteiger partial charge on any atom is -0.493 e. The summed E-state index contributed by atoms with van der Waals surface area (Å²) in [7, 11) is 3.08. The van der Waals surface area contributed by atoms with Crippen LogP contribution in [0.25, 0.3) is 5.69 Å². The highest BCUT2D eigenvalue weighted by Crippen LogP contribution is 2.33. The lowest BCUT2D eigenvalue weighted by molar-refractivity contribution is 0.100. The molecule has 0 spiro atoms. The predicted molar refractivity (Wildman–Crippen MR) is 88.8 cm³/mol. The van der Waals surface area contributed by atoms with Crippen LogP contribution in [0.15, 0.2) is 29.4 Å². The van der Waals surface area contributed by atoms with Gasteiger partial charge in [-0.05, 0) is 19.1 Å². The topological polar surface area (TPSA) is 118 Å². The highest BCUT2D eigenvalue weighted by Gasteiger charge is 2.17. The summed E-state index contributed by atoms with van der Waals surface area (Å²) >= 11 is 0. The molecule has 0 atom stereocenters. The summed E-state index contributed by atoms with van der Waals surface area (Å²) in [4.78, 5) is 15.5. The number of carbonyl (C=O) groups excluding carboxylic acids is 1. The lowest BCUT2D eigenvalue weighted by atomic mass is 10.2. The Labute approximate surface area is 139 Å². The summed E-state index contributed by atoms with van der Waals surface area (Å²) in [5, 5.41) is 4.30. The van der Waals surface area contributed by atoms with Gasteiger partial charge in [0, 0.05) is 6.20 Å². The first-order valence-corrected chi connectivity index (χ1v) is 6.39. The molecule has 1 aromatic heterocycles. The number of benzene rings is 1. The lowest BCUT2D eigenvalue weighted by Crippen LogP contribution is -2.24. The van der Waals surface area contributed by atoms with Crippen molar-refractivity contribution in [3.05, 3.63) is 35.7 Å². The molecule has 0 radical (unpaired) electrons. The van der Waals surface area contributed by atoms with Crippen LogP contribution >= 0.6 is 12.4 Å². The molecule has 1 heterocycles. The van der Waals surface area contributed by atoms with E-state index >= 15 is 0 Å². The number of hydrogen-bond donors (Lipinski definition) is 2. The molecule has 0 aliphatic rings. The Kier molecular flexibility index (Phi) is 5.97. The molecule has 4 N–H and O–H groups in total. The molecule has 2 aromatic rings. The van der Waals surface area contributed by atoms with Crippen LogP contribution in [0.5, 0.6) is 11.5 Å². The molecule has 1 aromatic carbocycles. The third-order valence-corrected chi connectivity index (χ3v) is 2.99. The maximum Gasteiger partial charge on any atom is 0.283 e. The summed E-state index contributed by atoms with van der Waals surface area (Å²) in [6.45, 7) is 1.69. The number of aliphatic imine (C=N–C) groups is 1. The van der Waals surface area contributed by atoms with Crippen LogP contribution in [0, 0.1) is 6.92 Å². The van der Waals surface area contributed by atoms with Gasteiger partial charge in [-0.15, -0.1) is 12.4 Å². The zero-order valence-corrected chi connectivity index (χ0v) is 13.8. The normalized spacial score (nSPS) is 9.70. The minimum absolute atomic E-state index is 0. The fraction of sp³-hybridized carbons (Fsp3) is 0.214. The molecule has 0 bridgehead atoms. The molecule has 0 saturated heterocycles.